The van der Waals surface area contributed by atoms with Crippen molar-refractivity contribution >= 4 is 0 Å². The Morgan fingerprint density at radius 2 is 2.27 bits per heavy atom. The third kappa shape index (κ3) is 1.43. The van der Waals surface area contributed by atoms with Gasteiger partial charge in [0.05, 0.1) is 13.2 Å². The summed E-state index contributed by atoms with van der Waals surface area (Å²) in [5.74, 6) is 6.22. The molecule has 15 heavy (non-hydrogen) atoms. The number of fused-ring (bicyclic) bond motifs is 1. The van der Waals surface area contributed by atoms with E-state index in [0.29, 0.717) is 6.61 Å². The molecule has 0 saturated heterocycles. The van der Waals surface area contributed by atoms with E-state index in [4.69, 9.17) is 15.5 Å². The van der Waals surface area contributed by atoms with Crippen LogP contribution in [0.4, 0.5) is 0 Å². The van der Waals surface area contributed by atoms with Gasteiger partial charge in [-0.25, -0.2) is 5.90 Å². The van der Waals surface area contributed by atoms with Crippen LogP contribution in [-0.2, 0) is 16.7 Å². The maximum absolute atomic E-state index is 5.49. The first-order chi connectivity index (χ1) is 7.34. The predicted octanol–water partition coefficient (Wildman–Crippen LogP) is 1.54. The Balaban J connectivity index is 1.93. The lowest BCUT2D eigenvalue weighted by atomic mass is 9.94. The smallest absolute Gasteiger partial charge is 0.122 e. The Labute approximate surface area is 89.1 Å². The quantitative estimate of drug-likeness (QED) is 0.761. The third-order valence-electron chi connectivity index (χ3n) is 3.52. The van der Waals surface area contributed by atoms with Crippen LogP contribution in [-0.4, -0.2) is 13.2 Å². The van der Waals surface area contributed by atoms with E-state index in [1.807, 2.05) is 0 Å². The molecule has 0 amide bonds. The lowest BCUT2D eigenvalue weighted by Crippen LogP contribution is -2.18. The molecule has 0 unspecified atom stereocenters. The van der Waals surface area contributed by atoms with E-state index in [-0.39, 0.29) is 5.41 Å². The van der Waals surface area contributed by atoms with E-state index in [9.17, 15) is 0 Å². The molecule has 1 heterocycles. The van der Waals surface area contributed by atoms with Gasteiger partial charge in [-0.05, 0) is 30.0 Å². The first-order valence-corrected chi connectivity index (χ1v) is 5.42. The minimum Gasteiger partial charge on any atom is -0.493 e. The second-order valence-corrected chi connectivity index (χ2v) is 4.51. The minimum absolute atomic E-state index is 0.201. The van der Waals surface area contributed by atoms with Crippen LogP contribution in [0.1, 0.15) is 24.0 Å². The van der Waals surface area contributed by atoms with Crippen LogP contribution in [0, 0.1) is 0 Å². The topological polar surface area (TPSA) is 44.5 Å². The molecule has 1 aromatic rings. The third-order valence-corrected chi connectivity index (χ3v) is 3.52. The molecule has 3 heteroatoms. The van der Waals surface area contributed by atoms with Crippen LogP contribution < -0.4 is 10.6 Å². The highest BCUT2D eigenvalue weighted by Gasteiger charge is 2.44. The minimum atomic E-state index is 0.201. The summed E-state index contributed by atoms with van der Waals surface area (Å²) in [5, 5.41) is 0. The summed E-state index contributed by atoms with van der Waals surface area (Å²) < 4.78 is 5.49. The molecule has 1 aliphatic heterocycles. The monoisotopic (exact) mass is 205 g/mol. The van der Waals surface area contributed by atoms with E-state index < -0.39 is 0 Å². The molecule has 1 fully saturated rings. The van der Waals surface area contributed by atoms with Crippen molar-refractivity contribution in [3.8, 4) is 5.75 Å². The molecule has 1 saturated carbocycles. The van der Waals surface area contributed by atoms with Crippen molar-refractivity contribution < 1.29 is 9.57 Å². The molecule has 3 nitrogen and oxygen atoms in total. The number of hydrogen-bond acceptors (Lipinski definition) is 3. The average molecular weight is 205 g/mol. The fraction of sp³-hybridized carbons (Fsp3) is 0.500. The summed E-state index contributed by atoms with van der Waals surface area (Å²) in [6.45, 7) is 1.45. The summed E-state index contributed by atoms with van der Waals surface area (Å²) in [6, 6.07) is 6.48. The Bertz CT molecular complexity index is 385. The van der Waals surface area contributed by atoms with Crippen molar-refractivity contribution in [2.75, 3.05) is 13.2 Å². The summed E-state index contributed by atoms with van der Waals surface area (Å²) in [6.07, 6.45) is 3.40. The molecule has 0 aromatic heterocycles. The summed E-state index contributed by atoms with van der Waals surface area (Å²) in [4.78, 5) is 4.81. The molecule has 2 N–H and O–H groups in total. The highest BCUT2D eigenvalue weighted by molar-refractivity contribution is 5.44. The van der Waals surface area contributed by atoms with Gasteiger partial charge in [-0.2, -0.15) is 0 Å². The zero-order chi connectivity index (χ0) is 10.3. The Morgan fingerprint density at radius 1 is 1.40 bits per heavy atom. The number of nitrogens with two attached hydrogens (primary N) is 1. The zero-order valence-electron chi connectivity index (χ0n) is 8.66. The SMILES string of the molecule is NOCC1(c2ccc3c(c2)CCO3)CC1. The normalized spacial score (nSPS) is 20.9. The van der Waals surface area contributed by atoms with Crippen molar-refractivity contribution in [1.82, 2.24) is 0 Å². The van der Waals surface area contributed by atoms with Crippen LogP contribution >= 0.6 is 0 Å². The predicted molar refractivity (Wildman–Crippen MR) is 56.7 cm³/mol. The van der Waals surface area contributed by atoms with Gasteiger partial charge in [0.25, 0.3) is 0 Å². The first-order valence-electron chi connectivity index (χ1n) is 5.42. The highest BCUT2D eigenvalue weighted by Crippen LogP contribution is 2.49. The van der Waals surface area contributed by atoms with E-state index in [2.05, 4.69) is 18.2 Å². The summed E-state index contributed by atoms with van der Waals surface area (Å²) in [5.41, 5.74) is 2.89. The van der Waals surface area contributed by atoms with Crippen molar-refractivity contribution in [3.05, 3.63) is 29.3 Å². The van der Waals surface area contributed by atoms with Gasteiger partial charge >= 0.3 is 0 Å². The van der Waals surface area contributed by atoms with Crippen LogP contribution in [0.3, 0.4) is 0 Å². The largest absolute Gasteiger partial charge is 0.493 e. The number of rotatable bonds is 3. The number of hydrogen-bond donors (Lipinski definition) is 1. The Hall–Kier alpha value is -1.06. The molecule has 0 radical (unpaired) electrons. The molecule has 1 aromatic carbocycles. The van der Waals surface area contributed by atoms with Gasteiger partial charge in [-0.1, -0.05) is 12.1 Å². The van der Waals surface area contributed by atoms with Crippen molar-refractivity contribution in [3.63, 3.8) is 0 Å². The van der Waals surface area contributed by atoms with Gasteiger partial charge in [-0.15, -0.1) is 0 Å². The van der Waals surface area contributed by atoms with E-state index in [0.717, 1.165) is 18.8 Å². The Morgan fingerprint density at radius 3 is 3.00 bits per heavy atom. The standard InChI is InChI=1S/C12H15NO2/c13-15-8-12(4-5-12)10-1-2-11-9(7-10)3-6-14-11/h1-2,7H,3-6,8,13H2. The maximum atomic E-state index is 5.49. The molecule has 2 aliphatic rings. The van der Waals surface area contributed by atoms with E-state index >= 15 is 0 Å². The van der Waals surface area contributed by atoms with Crippen LogP contribution in [0.2, 0.25) is 0 Å². The van der Waals surface area contributed by atoms with Crippen LogP contribution in [0.5, 0.6) is 5.75 Å². The highest BCUT2D eigenvalue weighted by atomic mass is 16.6. The fourth-order valence-electron chi connectivity index (χ4n) is 2.34. The van der Waals surface area contributed by atoms with Gasteiger partial charge in [0, 0.05) is 11.8 Å². The second-order valence-electron chi connectivity index (χ2n) is 4.51. The van der Waals surface area contributed by atoms with Gasteiger partial charge in [0.2, 0.25) is 0 Å². The molecule has 3 rings (SSSR count). The second kappa shape index (κ2) is 3.22. The van der Waals surface area contributed by atoms with E-state index in [1.165, 1.54) is 24.0 Å². The van der Waals surface area contributed by atoms with Crippen molar-refractivity contribution in [1.29, 1.82) is 0 Å². The Kier molecular flexibility index (Phi) is 1.97. The molecule has 80 valence electrons. The van der Waals surface area contributed by atoms with Crippen molar-refractivity contribution in [2.24, 2.45) is 5.90 Å². The van der Waals surface area contributed by atoms with Crippen molar-refractivity contribution in [2.45, 2.75) is 24.7 Å². The fourth-order valence-corrected chi connectivity index (χ4v) is 2.34. The zero-order valence-corrected chi connectivity index (χ0v) is 8.66. The average Bonchev–Trinajstić information content (AvgIpc) is 2.89. The summed E-state index contributed by atoms with van der Waals surface area (Å²) >= 11 is 0. The van der Waals surface area contributed by atoms with Crippen LogP contribution in [0.25, 0.3) is 0 Å². The van der Waals surface area contributed by atoms with E-state index in [1.54, 1.807) is 0 Å². The maximum Gasteiger partial charge on any atom is 0.122 e. The molecule has 0 bridgehead atoms. The van der Waals surface area contributed by atoms with Gasteiger partial charge in [0.1, 0.15) is 5.75 Å². The molecular formula is C12H15NO2. The molecule has 0 atom stereocenters. The first kappa shape index (κ1) is 9.19. The lowest BCUT2D eigenvalue weighted by molar-refractivity contribution is 0.116. The number of benzene rings is 1. The van der Waals surface area contributed by atoms with Gasteiger partial charge < -0.3 is 9.57 Å². The van der Waals surface area contributed by atoms with Crippen LogP contribution in [0.15, 0.2) is 18.2 Å². The number of ether oxygens (including phenoxy) is 1. The summed E-state index contributed by atoms with van der Waals surface area (Å²) in [7, 11) is 0. The van der Waals surface area contributed by atoms with Gasteiger partial charge in [-0.3, -0.25) is 0 Å². The molecule has 1 aliphatic carbocycles. The lowest BCUT2D eigenvalue weighted by Gasteiger charge is -2.14. The van der Waals surface area contributed by atoms with Gasteiger partial charge in [0.15, 0.2) is 0 Å². The molecular weight excluding hydrogens is 190 g/mol. The molecule has 0 spiro atoms.